The molecule has 2 fully saturated rings. The van der Waals surface area contributed by atoms with E-state index in [1.807, 2.05) is 11.8 Å². The first kappa shape index (κ1) is 18.2. The molecular formula is C18H33N3O2. The first-order valence-corrected chi connectivity index (χ1v) is 9.46. The van der Waals surface area contributed by atoms with Crippen molar-refractivity contribution < 1.29 is 9.59 Å². The maximum atomic E-state index is 13.0. The monoisotopic (exact) mass is 323 g/mol. The number of carbonyl (C=O) groups is 2. The van der Waals surface area contributed by atoms with Crippen LogP contribution in [0.4, 0.5) is 0 Å². The Morgan fingerprint density at radius 1 is 1.04 bits per heavy atom. The molecule has 5 heteroatoms. The van der Waals surface area contributed by atoms with Crippen molar-refractivity contribution >= 4 is 11.8 Å². The predicted molar refractivity (Wildman–Crippen MR) is 92.1 cm³/mol. The Morgan fingerprint density at radius 3 is 2.26 bits per heavy atom. The second-order valence-corrected chi connectivity index (χ2v) is 6.96. The summed E-state index contributed by atoms with van der Waals surface area (Å²) < 4.78 is 0. The zero-order chi connectivity index (χ0) is 16.7. The third-order valence-corrected chi connectivity index (χ3v) is 5.25. The van der Waals surface area contributed by atoms with E-state index >= 15 is 0 Å². The van der Waals surface area contributed by atoms with E-state index in [-0.39, 0.29) is 17.9 Å². The molecule has 1 aliphatic heterocycles. The molecule has 1 unspecified atom stereocenters. The topological polar surface area (TPSA) is 52.6 Å². The average Bonchev–Trinajstić information content (AvgIpc) is 2.60. The molecule has 1 saturated carbocycles. The summed E-state index contributed by atoms with van der Waals surface area (Å²) in [6.07, 6.45) is 7.36. The minimum atomic E-state index is -0.305. The number of hydrogen-bond donors (Lipinski definition) is 1. The van der Waals surface area contributed by atoms with Gasteiger partial charge in [0, 0.05) is 32.6 Å². The maximum Gasteiger partial charge on any atom is 0.245 e. The van der Waals surface area contributed by atoms with E-state index in [1.54, 1.807) is 0 Å². The van der Waals surface area contributed by atoms with Gasteiger partial charge in [0.25, 0.3) is 0 Å². The molecule has 132 valence electrons. The van der Waals surface area contributed by atoms with E-state index in [4.69, 9.17) is 0 Å². The Morgan fingerprint density at radius 2 is 1.70 bits per heavy atom. The maximum absolute atomic E-state index is 13.0. The van der Waals surface area contributed by atoms with E-state index < -0.39 is 0 Å². The van der Waals surface area contributed by atoms with E-state index in [0.29, 0.717) is 12.3 Å². The molecule has 0 aromatic carbocycles. The van der Waals surface area contributed by atoms with Gasteiger partial charge in [0.05, 0.1) is 0 Å². The second-order valence-electron chi connectivity index (χ2n) is 6.96. The number of nitrogens with one attached hydrogen (secondary N) is 1. The van der Waals surface area contributed by atoms with Gasteiger partial charge in [0.1, 0.15) is 6.04 Å². The zero-order valence-corrected chi connectivity index (χ0v) is 14.9. The van der Waals surface area contributed by atoms with Gasteiger partial charge >= 0.3 is 0 Å². The number of rotatable bonds is 6. The molecule has 0 aromatic rings. The van der Waals surface area contributed by atoms with Gasteiger partial charge in [-0.2, -0.15) is 0 Å². The summed E-state index contributed by atoms with van der Waals surface area (Å²) in [5, 5.41) is 3.03. The minimum Gasteiger partial charge on any atom is -0.344 e. The second kappa shape index (κ2) is 9.26. The van der Waals surface area contributed by atoms with E-state index in [0.717, 1.165) is 52.0 Å². The first-order valence-electron chi connectivity index (χ1n) is 9.46. The van der Waals surface area contributed by atoms with Crippen LogP contribution in [0.5, 0.6) is 0 Å². The minimum absolute atomic E-state index is 0.00135. The number of piperazine rings is 1. The Kier molecular flexibility index (Phi) is 7.34. The molecule has 2 amide bonds. The van der Waals surface area contributed by atoms with Crippen molar-refractivity contribution in [1.82, 2.24) is 15.1 Å². The van der Waals surface area contributed by atoms with E-state index in [9.17, 15) is 9.59 Å². The summed E-state index contributed by atoms with van der Waals surface area (Å²) in [4.78, 5) is 29.3. The fourth-order valence-corrected chi connectivity index (χ4v) is 3.83. The lowest BCUT2D eigenvalue weighted by molar-refractivity contribution is -0.139. The normalized spacial score (nSPS) is 21.9. The molecule has 2 aliphatic rings. The molecule has 1 saturated heterocycles. The lowest BCUT2D eigenvalue weighted by Gasteiger charge is -2.38. The van der Waals surface area contributed by atoms with Crippen LogP contribution in [0, 0.1) is 5.92 Å². The molecule has 0 aromatic heterocycles. The van der Waals surface area contributed by atoms with Gasteiger partial charge in [0.15, 0.2) is 0 Å². The summed E-state index contributed by atoms with van der Waals surface area (Å²) in [5.41, 5.74) is 0. The van der Waals surface area contributed by atoms with E-state index in [1.165, 1.54) is 19.3 Å². The summed E-state index contributed by atoms with van der Waals surface area (Å²) in [5.74, 6) is 0.466. The van der Waals surface area contributed by atoms with Crippen LogP contribution in [0.2, 0.25) is 0 Å². The van der Waals surface area contributed by atoms with Crippen LogP contribution in [0.25, 0.3) is 0 Å². The van der Waals surface area contributed by atoms with Gasteiger partial charge in [-0.3, -0.25) is 14.5 Å². The van der Waals surface area contributed by atoms with Crippen molar-refractivity contribution in [1.29, 1.82) is 0 Å². The first-order chi connectivity index (χ1) is 11.2. The smallest absolute Gasteiger partial charge is 0.245 e. The highest BCUT2D eigenvalue weighted by Crippen LogP contribution is 2.27. The van der Waals surface area contributed by atoms with Crippen molar-refractivity contribution in [3.63, 3.8) is 0 Å². The van der Waals surface area contributed by atoms with Crippen LogP contribution in [-0.2, 0) is 9.59 Å². The molecule has 2 rings (SSSR count). The third kappa shape index (κ3) is 5.20. The number of amides is 2. The molecule has 5 nitrogen and oxygen atoms in total. The molecule has 23 heavy (non-hydrogen) atoms. The van der Waals surface area contributed by atoms with Crippen LogP contribution in [0.1, 0.15) is 58.8 Å². The van der Waals surface area contributed by atoms with Gasteiger partial charge in [0.2, 0.25) is 11.8 Å². The van der Waals surface area contributed by atoms with Crippen molar-refractivity contribution in [3.05, 3.63) is 0 Å². The Bertz CT molecular complexity index is 386. The largest absolute Gasteiger partial charge is 0.344 e. The molecule has 1 aliphatic carbocycles. The quantitative estimate of drug-likeness (QED) is 0.813. The lowest BCUT2D eigenvalue weighted by atomic mass is 9.83. The molecule has 0 radical (unpaired) electrons. The van der Waals surface area contributed by atoms with Crippen molar-refractivity contribution in [2.75, 3.05) is 32.7 Å². The molecule has 1 N–H and O–H groups in total. The molecule has 1 heterocycles. The summed E-state index contributed by atoms with van der Waals surface area (Å²) >= 11 is 0. The van der Waals surface area contributed by atoms with Gasteiger partial charge in [-0.15, -0.1) is 0 Å². The van der Waals surface area contributed by atoms with Crippen LogP contribution in [-0.4, -0.2) is 60.4 Å². The number of carbonyl (C=O) groups excluding carboxylic acids is 2. The average molecular weight is 323 g/mol. The van der Waals surface area contributed by atoms with Gasteiger partial charge in [-0.1, -0.05) is 33.1 Å². The van der Waals surface area contributed by atoms with Gasteiger partial charge in [-0.05, 0) is 31.7 Å². The standard InChI is InChI=1S/C18H33N3O2/c1-3-10-20-11-13-21(14-12-20)18(23)17(19-16(22)4-2)15-8-6-5-7-9-15/h15,17H,3-14H2,1-2H3,(H,19,22). The fourth-order valence-electron chi connectivity index (χ4n) is 3.83. The lowest BCUT2D eigenvalue weighted by Crippen LogP contribution is -2.57. The highest BCUT2D eigenvalue weighted by atomic mass is 16.2. The van der Waals surface area contributed by atoms with Crippen LogP contribution in [0.15, 0.2) is 0 Å². The molecule has 0 spiro atoms. The highest BCUT2D eigenvalue weighted by Gasteiger charge is 2.34. The van der Waals surface area contributed by atoms with Gasteiger partial charge < -0.3 is 10.2 Å². The Hall–Kier alpha value is -1.10. The highest BCUT2D eigenvalue weighted by molar-refractivity contribution is 5.88. The van der Waals surface area contributed by atoms with Crippen LogP contribution < -0.4 is 5.32 Å². The number of nitrogens with zero attached hydrogens (tertiary/aromatic N) is 2. The van der Waals surface area contributed by atoms with Crippen LogP contribution >= 0.6 is 0 Å². The summed E-state index contributed by atoms with van der Waals surface area (Å²) in [7, 11) is 0. The third-order valence-electron chi connectivity index (χ3n) is 5.25. The number of hydrogen-bond acceptors (Lipinski definition) is 3. The zero-order valence-electron chi connectivity index (χ0n) is 14.9. The van der Waals surface area contributed by atoms with Crippen molar-refractivity contribution in [2.45, 2.75) is 64.8 Å². The van der Waals surface area contributed by atoms with Crippen LogP contribution in [0.3, 0.4) is 0 Å². The Balaban J connectivity index is 1.96. The molecule has 1 atom stereocenters. The summed E-state index contributed by atoms with van der Waals surface area (Å²) in [6, 6.07) is -0.305. The fraction of sp³-hybridized carbons (Fsp3) is 0.889. The SMILES string of the molecule is CCCN1CCN(C(=O)C(NC(=O)CC)C2CCCCC2)CC1. The van der Waals surface area contributed by atoms with Gasteiger partial charge in [-0.25, -0.2) is 0 Å². The molecular weight excluding hydrogens is 290 g/mol. The van der Waals surface area contributed by atoms with Crippen molar-refractivity contribution in [3.8, 4) is 0 Å². The Labute approximate surface area is 140 Å². The predicted octanol–water partition coefficient (Wildman–Crippen LogP) is 2.02. The summed E-state index contributed by atoms with van der Waals surface area (Å²) in [6.45, 7) is 8.66. The van der Waals surface area contributed by atoms with E-state index in [2.05, 4.69) is 17.1 Å². The van der Waals surface area contributed by atoms with Crippen molar-refractivity contribution in [2.24, 2.45) is 5.92 Å². The molecule has 0 bridgehead atoms.